The summed E-state index contributed by atoms with van der Waals surface area (Å²) < 4.78 is 8.98. The molecule has 8 aromatic rings. The molecule has 9 rings (SSSR count). The smallest absolute Gasteiger partial charge is 0.136 e. The van der Waals surface area contributed by atoms with E-state index < -0.39 is 0 Å². The van der Waals surface area contributed by atoms with Crippen LogP contribution in [0.1, 0.15) is 29.5 Å². The van der Waals surface area contributed by atoms with Gasteiger partial charge >= 0.3 is 0 Å². The van der Waals surface area contributed by atoms with E-state index in [0.717, 1.165) is 84.2 Å². The van der Waals surface area contributed by atoms with Crippen LogP contribution in [0, 0.1) is 0 Å². The van der Waals surface area contributed by atoms with Crippen molar-refractivity contribution >= 4 is 71.9 Å². The first kappa shape index (κ1) is 33.4. The molecule has 0 fully saturated rings. The van der Waals surface area contributed by atoms with Crippen molar-refractivity contribution in [2.24, 2.45) is 0 Å². The predicted octanol–water partition coefficient (Wildman–Crippen LogP) is 11.2. The van der Waals surface area contributed by atoms with Gasteiger partial charge in [0, 0.05) is 31.1 Å². The van der Waals surface area contributed by atoms with E-state index in [2.05, 4.69) is 153 Å². The van der Waals surface area contributed by atoms with Crippen LogP contribution in [0.5, 0.6) is 0 Å². The highest BCUT2D eigenvalue weighted by atomic mass is 32.1. The van der Waals surface area contributed by atoms with Gasteiger partial charge in [0.2, 0.25) is 0 Å². The van der Waals surface area contributed by atoms with Crippen LogP contribution in [0.4, 0.5) is 0 Å². The second-order valence-corrected chi connectivity index (χ2v) is 14.9. The summed E-state index contributed by atoms with van der Waals surface area (Å²) in [5.74, 6) is 0.848. The number of rotatable bonds is 6. The van der Waals surface area contributed by atoms with E-state index in [1.807, 2.05) is 41.7 Å². The lowest BCUT2D eigenvalue weighted by molar-refractivity contribution is 0.631. The molecule has 2 heteroatoms. The van der Waals surface area contributed by atoms with E-state index in [-0.39, 0.29) is 0 Å². The van der Waals surface area contributed by atoms with Crippen LogP contribution in [0.3, 0.4) is 0 Å². The fraction of sp³-hybridized carbons (Fsp3) is 0.0385. The minimum absolute atomic E-state index is 0.848. The summed E-state index contributed by atoms with van der Waals surface area (Å²) in [5, 5.41) is 7.97. The Kier molecular flexibility index (Phi) is 8.75. The van der Waals surface area contributed by atoms with Crippen molar-refractivity contribution < 1.29 is 4.42 Å². The molecule has 1 aliphatic rings. The summed E-state index contributed by atoms with van der Waals surface area (Å²) in [5.41, 5.74) is 9.42. The number of benzene rings is 6. The van der Waals surface area contributed by atoms with Crippen LogP contribution in [-0.4, -0.2) is 0 Å². The molecule has 0 amide bonds. The second kappa shape index (κ2) is 14.2. The molecule has 258 valence electrons. The number of allylic oxidation sites excluding steroid dienone is 5. The third-order valence-electron chi connectivity index (χ3n) is 10.4. The number of hydrogen-bond acceptors (Lipinski definition) is 2. The highest BCUT2D eigenvalue weighted by Crippen LogP contribution is 2.42. The molecule has 0 aliphatic heterocycles. The molecule has 0 unspecified atom stereocenters. The van der Waals surface area contributed by atoms with E-state index in [1.54, 1.807) is 0 Å². The van der Waals surface area contributed by atoms with E-state index in [1.165, 1.54) is 31.0 Å². The van der Waals surface area contributed by atoms with Crippen LogP contribution >= 0.6 is 11.3 Å². The Morgan fingerprint density at radius 1 is 0.648 bits per heavy atom. The lowest BCUT2D eigenvalue weighted by Crippen LogP contribution is -2.29. The molecule has 1 aliphatic carbocycles. The highest BCUT2D eigenvalue weighted by Gasteiger charge is 2.18. The fourth-order valence-electron chi connectivity index (χ4n) is 7.55. The molecule has 6 aromatic carbocycles. The third-order valence-corrected chi connectivity index (χ3v) is 11.5. The van der Waals surface area contributed by atoms with Crippen LogP contribution in [-0.2, 0) is 0 Å². The van der Waals surface area contributed by atoms with Crippen molar-refractivity contribution in [3.8, 4) is 11.3 Å². The van der Waals surface area contributed by atoms with Crippen LogP contribution in [0.15, 0.2) is 187 Å². The summed E-state index contributed by atoms with van der Waals surface area (Å²) in [4.78, 5) is 0. The van der Waals surface area contributed by atoms with Gasteiger partial charge in [0.1, 0.15) is 11.3 Å². The van der Waals surface area contributed by atoms with Crippen LogP contribution < -0.4 is 20.9 Å². The maximum atomic E-state index is 6.48. The zero-order valence-electron chi connectivity index (χ0n) is 30.0. The summed E-state index contributed by atoms with van der Waals surface area (Å²) in [7, 11) is 0. The zero-order chi connectivity index (χ0) is 36.6. The molecule has 0 saturated carbocycles. The Morgan fingerprint density at radius 2 is 1.37 bits per heavy atom. The molecule has 1 nitrogen and oxygen atoms in total. The van der Waals surface area contributed by atoms with E-state index in [9.17, 15) is 0 Å². The topological polar surface area (TPSA) is 13.1 Å². The molecule has 2 heterocycles. The van der Waals surface area contributed by atoms with E-state index in [4.69, 9.17) is 11.0 Å². The average Bonchev–Trinajstić information content (AvgIpc) is 3.81. The Balaban J connectivity index is 1.18. The number of fused-ring (bicyclic) bond motifs is 5. The summed E-state index contributed by atoms with van der Waals surface area (Å²) >= 11 is 1.82. The van der Waals surface area contributed by atoms with Gasteiger partial charge in [0.05, 0.1) is 0 Å². The molecular formula is C52H38OS. The largest absolute Gasteiger partial charge is 0.456 e. The van der Waals surface area contributed by atoms with Crippen molar-refractivity contribution in [3.05, 3.63) is 220 Å². The molecule has 0 atom stereocenters. The van der Waals surface area contributed by atoms with Gasteiger partial charge in [-0.15, -0.1) is 11.3 Å². The standard InChI is InChI=1S/C52H38OS/c1-34-16-8-9-17-39(34)30-35(2)41-19-6-4-5-7-20-42(44-22-12-11-21-43(41)44)38-28-26-37(27-29-38)36(3)46-32-48-45-23-13-15-25-51(45)54-52(48)33-47(46)50-31-40-18-10-14-24-49(40)53-50/h6-33H,1-5H2/b19-6+,20-7+,39-30-,43-41+,44-42+. The summed E-state index contributed by atoms with van der Waals surface area (Å²) in [6.45, 7) is 13.5. The maximum Gasteiger partial charge on any atom is 0.136 e. The first-order valence-corrected chi connectivity index (χ1v) is 19.2. The minimum atomic E-state index is 0.848. The third kappa shape index (κ3) is 6.21. The average molecular weight is 711 g/mol. The highest BCUT2D eigenvalue weighted by molar-refractivity contribution is 7.25. The van der Waals surface area contributed by atoms with Gasteiger partial charge < -0.3 is 4.42 Å². The maximum absolute atomic E-state index is 6.48. The van der Waals surface area contributed by atoms with Crippen LogP contribution in [0.2, 0.25) is 0 Å². The summed E-state index contributed by atoms with van der Waals surface area (Å²) in [6, 6.07) is 49.3. The van der Waals surface area contributed by atoms with E-state index >= 15 is 0 Å². The molecular weight excluding hydrogens is 673 g/mol. The molecule has 0 saturated heterocycles. The van der Waals surface area contributed by atoms with Crippen LogP contribution in [0.25, 0.3) is 71.8 Å². The Hall–Kier alpha value is -6.48. The lowest BCUT2D eigenvalue weighted by atomic mass is 9.90. The first-order valence-electron chi connectivity index (χ1n) is 18.4. The van der Waals surface area contributed by atoms with Crippen molar-refractivity contribution in [3.63, 3.8) is 0 Å². The van der Waals surface area contributed by atoms with Crippen molar-refractivity contribution in [1.29, 1.82) is 0 Å². The lowest BCUT2D eigenvalue weighted by Gasteiger charge is -2.14. The second-order valence-electron chi connectivity index (χ2n) is 13.8. The van der Waals surface area contributed by atoms with Gasteiger partial charge in [-0.1, -0.05) is 153 Å². The van der Waals surface area contributed by atoms with Gasteiger partial charge in [-0.05, 0) is 109 Å². The Morgan fingerprint density at radius 3 is 2.20 bits per heavy atom. The SMILES string of the molecule is C=C(/C=c1/ccccc1=C)C1=c2\cccc\c2=C(c2ccc(C(=C)c3cc4c(cc3-c3cc5ccccc5o3)sc3ccccc34)cc2)\C=C\CC\C=C\1. The van der Waals surface area contributed by atoms with Gasteiger partial charge in [0.15, 0.2) is 0 Å². The normalized spacial score (nSPS) is 16.7. The molecule has 54 heavy (non-hydrogen) atoms. The number of furan rings is 1. The van der Waals surface area contributed by atoms with E-state index in [0.29, 0.717) is 0 Å². The van der Waals surface area contributed by atoms with Crippen molar-refractivity contribution in [1.82, 2.24) is 0 Å². The van der Waals surface area contributed by atoms with Gasteiger partial charge in [0.25, 0.3) is 0 Å². The monoisotopic (exact) mass is 710 g/mol. The van der Waals surface area contributed by atoms with Gasteiger partial charge in [-0.25, -0.2) is 0 Å². The van der Waals surface area contributed by atoms with Gasteiger partial charge in [-0.3, -0.25) is 0 Å². The minimum Gasteiger partial charge on any atom is -0.456 e. The summed E-state index contributed by atoms with van der Waals surface area (Å²) in [6.07, 6.45) is 13.1. The number of para-hydroxylation sites is 1. The molecule has 0 spiro atoms. The molecule has 0 radical (unpaired) electrons. The zero-order valence-corrected chi connectivity index (χ0v) is 30.8. The van der Waals surface area contributed by atoms with Crippen molar-refractivity contribution in [2.75, 3.05) is 0 Å². The Labute approximate surface area is 319 Å². The van der Waals surface area contributed by atoms with Crippen molar-refractivity contribution in [2.45, 2.75) is 12.8 Å². The number of hydrogen-bond donors (Lipinski definition) is 0. The number of thiophene rings is 1. The predicted molar refractivity (Wildman–Crippen MR) is 233 cm³/mol. The fourth-order valence-corrected chi connectivity index (χ4v) is 8.67. The quantitative estimate of drug-likeness (QED) is 0.167. The Bertz CT molecular complexity index is 3060. The van der Waals surface area contributed by atoms with Gasteiger partial charge in [-0.2, -0.15) is 0 Å². The molecule has 2 aromatic heterocycles. The molecule has 0 bridgehead atoms. The first-order chi connectivity index (χ1) is 26.5. The molecule has 0 N–H and O–H groups in total.